The molecule has 0 atom stereocenters. The van der Waals surface area contributed by atoms with Crippen LogP contribution in [0.3, 0.4) is 0 Å². The van der Waals surface area contributed by atoms with Gasteiger partial charge in [-0.2, -0.15) is 0 Å². The molecular weight excluding hydrogens is 528 g/mol. The van der Waals surface area contributed by atoms with Gasteiger partial charge in [0.2, 0.25) is 0 Å². The molecule has 146 valence electrons. The number of rotatable bonds is 6. The minimum atomic E-state index is -0.273. The van der Waals surface area contributed by atoms with E-state index in [0.717, 1.165) is 39.6 Å². The minimum absolute atomic E-state index is 0.219. The summed E-state index contributed by atoms with van der Waals surface area (Å²) < 4.78 is 11.5. The second kappa shape index (κ2) is 9.35. The Morgan fingerprint density at radius 1 is 0.821 bits per heavy atom. The maximum absolute atomic E-state index is 11.8. The van der Waals surface area contributed by atoms with Crippen molar-refractivity contribution in [3.8, 4) is 20.9 Å². The molecule has 0 saturated carbocycles. The molecule has 0 aliphatic carbocycles. The summed E-state index contributed by atoms with van der Waals surface area (Å²) in [5.74, 6) is -0.546. The lowest BCUT2D eigenvalue weighted by molar-refractivity contribution is -0.140. The molecule has 0 N–H and O–H groups in total. The summed E-state index contributed by atoms with van der Waals surface area (Å²) in [7, 11) is 2.78. The smallest absolute Gasteiger partial charge is 0.310 e. The molecule has 0 aliphatic heterocycles. The van der Waals surface area contributed by atoms with Crippen molar-refractivity contribution in [2.45, 2.75) is 12.8 Å². The van der Waals surface area contributed by atoms with E-state index in [2.05, 4.69) is 37.9 Å². The zero-order valence-electron chi connectivity index (χ0n) is 15.1. The van der Waals surface area contributed by atoms with Gasteiger partial charge in [-0.3, -0.25) is 9.59 Å². The number of benzene rings is 1. The van der Waals surface area contributed by atoms with Gasteiger partial charge in [-0.05, 0) is 72.3 Å². The van der Waals surface area contributed by atoms with Gasteiger partial charge >= 0.3 is 11.9 Å². The first-order chi connectivity index (χ1) is 13.4. The van der Waals surface area contributed by atoms with Gasteiger partial charge in [0.25, 0.3) is 0 Å². The fourth-order valence-corrected chi connectivity index (χ4v) is 6.13. The molecule has 0 bridgehead atoms. The van der Waals surface area contributed by atoms with Crippen LogP contribution in [0, 0.1) is 0 Å². The van der Waals surface area contributed by atoms with E-state index in [1.165, 1.54) is 14.2 Å². The first-order valence-corrected chi connectivity index (χ1v) is 11.4. The average molecular weight is 544 g/mol. The van der Waals surface area contributed by atoms with Gasteiger partial charge in [0, 0.05) is 9.75 Å². The van der Waals surface area contributed by atoms with Crippen LogP contribution < -0.4 is 0 Å². The first-order valence-electron chi connectivity index (χ1n) is 8.22. The molecule has 0 saturated heterocycles. The van der Waals surface area contributed by atoms with Crippen molar-refractivity contribution >= 4 is 66.5 Å². The number of hydrogen-bond acceptors (Lipinski definition) is 6. The highest BCUT2D eigenvalue weighted by Crippen LogP contribution is 2.40. The number of ether oxygens (including phenoxy) is 2. The lowest BCUT2D eigenvalue weighted by Gasteiger charge is -2.07. The maximum atomic E-state index is 11.8. The number of esters is 2. The van der Waals surface area contributed by atoms with Gasteiger partial charge in [-0.1, -0.05) is 18.2 Å². The summed E-state index contributed by atoms with van der Waals surface area (Å²) in [5, 5.41) is 0. The van der Waals surface area contributed by atoms with E-state index >= 15 is 0 Å². The summed E-state index contributed by atoms with van der Waals surface area (Å²) in [5.41, 5.74) is 3.87. The molecule has 3 aromatic rings. The minimum Gasteiger partial charge on any atom is -0.469 e. The molecular formula is C20H16Br2O4S2. The lowest BCUT2D eigenvalue weighted by Crippen LogP contribution is -2.04. The van der Waals surface area contributed by atoms with E-state index in [1.807, 2.05) is 30.3 Å². The molecule has 0 unspecified atom stereocenters. The molecule has 1 aromatic carbocycles. The summed E-state index contributed by atoms with van der Waals surface area (Å²) in [6.07, 6.45) is 0.437. The average Bonchev–Trinajstić information content (AvgIpc) is 3.23. The van der Waals surface area contributed by atoms with Crippen LogP contribution in [0.4, 0.5) is 0 Å². The van der Waals surface area contributed by atoms with Gasteiger partial charge in [0.1, 0.15) is 0 Å². The molecule has 2 aromatic heterocycles. The largest absolute Gasteiger partial charge is 0.469 e. The SMILES string of the molecule is COC(=O)Cc1cc(Br)sc1-c1cccc(-c2sc(Br)cc2CC(=O)OC)c1. The molecule has 0 fully saturated rings. The Bertz CT molecular complexity index is 946. The van der Waals surface area contributed by atoms with Crippen LogP contribution in [0.5, 0.6) is 0 Å². The maximum Gasteiger partial charge on any atom is 0.310 e. The Balaban J connectivity index is 2.01. The van der Waals surface area contributed by atoms with Crippen molar-refractivity contribution < 1.29 is 19.1 Å². The van der Waals surface area contributed by atoms with Crippen LogP contribution >= 0.6 is 54.5 Å². The lowest BCUT2D eigenvalue weighted by atomic mass is 10.0. The van der Waals surface area contributed by atoms with Gasteiger partial charge in [-0.25, -0.2) is 0 Å². The Morgan fingerprint density at radius 2 is 1.25 bits per heavy atom. The quantitative estimate of drug-likeness (QED) is 0.352. The highest BCUT2D eigenvalue weighted by molar-refractivity contribution is 9.11. The highest BCUT2D eigenvalue weighted by atomic mass is 79.9. The third-order valence-electron chi connectivity index (χ3n) is 4.07. The van der Waals surface area contributed by atoms with E-state index in [9.17, 15) is 9.59 Å². The van der Waals surface area contributed by atoms with Crippen LogP contribution in [-0.4, -0.2) is 26.2 Å². The van der Waals surface area contributed by atoms with Crippen molar-refractivity contribution in [1.82, 2.24) is 0 Å². The molecule has 0 aliphatic rings. The summed E-state index contributed by atoms with van der Waals surface area (Å²) in [6.45, 7) is 0. The monoisotopic (exact) mass is 542 g/mol. The van der Waals surface area contributed by atoms with E-state index in [4.69, 9.17) is 9.47 Å². The molecule has 3 rings (SSSR count). The van der Waals surface area contributed by atoms with Crippen LogP contribution in [0.15, 0.2) is 44.0 Å². The highest BCUT2D eigenvalue weighted by Gasteiger charge is 2.17. The summed E-state index contributed by atoms with van der Waals surface area (Å²) in [6, 6.07) is 12.0. The number of hydrogen-bond donors (Lipinski definition) is 0. The van der Waals surface area contributed by atoms with Crippen LogP contribution in [-0.2, 0) is 31.9 Å². The zero-order valence-corrected chi connectivity index (χ0v) is 19.9. The Kier molecular flexibility index (Phi) is 7.09. The van der Waals surface area contributed by atoms with Crippen molar-refractivity contribution in [1.29, 1.82) is 0 Å². The first kappa shape index (κ1) is 21.2. The normalized spacial score (nSPS) is 10.7. The van der Waals surface area contributed by atoms with Crippen molar-refractivity contribution in [2.75, 3.05) is 14.2 Å². The second-order valence-corrected chi connectivity index (χ2v) is 10.8. The molecule has 0 spiro atoms. The summed E-state index contributed by atoms with van der Waals surface area (Å²) in [4.78, 5) is 25.6. The van der Waals surface area contributed by atoms with Crippen molar-refractivity contribution in [2.24, 2.45) is 0 Å². The number of halogens is 2. The molecule has 8 heteroatoms. The van der Waals surface area contributed by atoms with Gasteiger partial charge < -0.3 is 9.47 Å². The van der Waals surface area contributed by atoms with Crippen LogP contribution in [0.1, 0.15) is 11.1 Å². The third kappa shape index (κ3) is 4.92. The predicted octanol–water partition coefficient (Wildman–Crippen LogP) is 6.10. The Labute approximate surface area is 187 Å². The van der Waals surface area contributed by atoms with Crippen molar-refractivity contribution in [3.05, 3.63) is 55.1 Å². The molecule has 4 nitrogen and oxygen atoms in total. The molecule has 0 radical (unpaired) electrons. The molecule has 2 heterocycles. The zero-order chi connectivity index (χ0) is 20.3. The standard InChI is InChI=1S/C20H16Br2O4S2/c1-25-17(23)9-13-7-15(21)27-19(13)11-4-3-5-12(6-11)20-14(8-16(22)28-20)10-18(24)26-2/h3-8H,9-10H2,1-2H3. The topological polar surface area (TPSA) is 52.6 Å². The number of methoxy groups -OCH3 is 2. The third-order valence-corrected chi connectivity index (χ3v) is 7.53. The Hall–Kier alpha value is -1.48. The fourth-order valence-electron chi connectivity index (χ4n) is 2.80. The molecule has 28 heavy (non-hydrogen) atoms. The van der Waals surface area contributed by atoms with E-state index in [0.29, 0.717) is 0 Å². The molecule has 0 amide bonds. The van der Waals surface area contributed by atoms with Crippen LogP contribution in [0.2, 0.25) is 0 Å². The van der Waals surface area contributed by atoms with Crippen LogP contribution in [0.25, 0.3) is 20.9 Å². The number of thiophene rings is 2. The Morgan fingerprint density at radius 3 is 1.64 bits per heavy atom. The number of carbonyl (C=O) groups excluding carboxylic acids is 2. The van der Waals surface area contributed by atoms with E-state index in [-0.39, 0.29) is 24.8 Å². The van der Waals surface area contributed by atoms with Gasteiger partial charge in [-0.15, -0.1) is 22.7 Å². The van der Waals surface area contributed by atoms with Gasteiger partial charge in [0.15, 0.2) is 0 Å². The second-order valence-electron chi connectivity index (χ2n) is 5.90. The van der Waals surface area contributed by atoms with Crippen molar-refractivity contribution in [3.63, 3.8) is 0 Å². The number of carbonyl (C=O) groups is 2. The predicted molar refractivity (Wildman–Crippen MR) is 120 cm³/mol. The van der Waals surface area contributed by atoms with E-state index in [1.54, 1.807) is 22.7 Å². The fraction of sp³-hybridized carbons (Fsp3) is 0.200. The van der Waals surface area contributed by atoms with Gasteiger partial charge in [0.05, 0.1) is 34.6 Å². The summed E-state index contributed by atoms with van der Waals surface area (Å²) >= 11 is 10.2. The van der Waals surface area contributed by atoms with E-state index < -0.39 is 0 Å².